The number of primary amides is 1. The van der Waals surface area contributed by atoms with Crippen molar-refractivity contribution in [1.82, 2.24) is 4.98 Å². The van der Waals surface area contributed by atoms with E-state index in [1.807, 2.05) is 0 Å². The number of carbonyl (C=O) groups is 1. The van der Waals surface area contributed by atoms with Crippen LogP contribution in [0.5, 0.6) is 5.88 Å². The minimum Gasteiger partial charge on any atom is -0.388 e. The molecule has 0 spiro atoms. The van der Waals surface area contributed by atoms with Crippen LogP contribution in [0.4, 0.5) is 9.18 Å². The van der Waals surface area contributed by atoms with E-state index in [2.05, 4.69) is 15.5 Å². The molecule has 2 N–H and O–H groups in total. The van der Waals surface area contributed by atoms with Crippen LogP contribution in [-0.4, -0.2) is 11.1 Å². The van der Waals surface area contributed by atoms with Gasteiger partial charge >= 0.3 is 6.09 Å². The van der Waals surface area contributed by atoms with E-state index in [1.54, 1.807) is 0 Å². The molecule has 1 aromatic heterocycles. The van der Waals surface area contributed by atoms with E-state index in [9.17, 15) is 9.18 Å². The van der Waals surface area contributed by atoms with Gasteiger partial charge in [0.25, 0.3) is 5.88 Å². The van der Waals surface area contributed by atoms with E-state index < -0.39 is 17.8 Å². The lowest BCUT2D eigenvalue weighted by atomic mass is 10.5. The lowest BCUT2D eigenvalue weighted by Crippen LogP contribution is -2.17. The Morgan fingerprint density at radius 3 is 3.00 bits per heavy atom. The first-order valence-electron chi connectivity index (χ1n) is 2.78. The molecule has 1 amide bonds. The number of nitrogens with zero attached hydrogens (tertiary/aromatic N) is 1. The quantitative estimate of drug-likeness (QED) is 0.650. The van der Waals surface area contributed by atoms with Gasteiger partial charge in [-0.2, -0.15) is 0 Å². The van der Waals surface area contributed by atoms with Crippen molar-refractivity contribution in [2.75, 3.05) is 0 Å². The van der Waals surface area contributed by atoms with Gasteiger partial charge in [-0.25, -0.2) is 14.2 Å². The van der Waals surface area contributed by atoms with Crippen molar-refractivity contribution in [2.24, 2.45) is 5.73 Å². The van der Waals surface area contributed by atoms with Crippen LogP contribution in [0, 0.1) is 5.82 Å². The van der Waals surface area contributed by atoms with Crippen molar-refractivity contribution < 1.29 is 13.9 Å². The Hall–Kier alpha value is -1.65. The summed E-state index contributed by atoms with van der Waals surface area (Å²) in [6.07, 6.45) is 0.212. The fourth-order valence-electron chi connectivity index (χ4n) is 0.542. The zero-order valence-electron chi connectivity index (χ0n) is 5.45. The van der Waals surface area contributed by atoms with Gasteiger partial charge in [0.05, 0.1) is 0 Å². The van der Waals surface area contributed by atoms with Crippen molar-refractivity contribution in [3.05, 3.63) is 24.1 Å². The number of hydrogen-bond donors (Lipinski definition) is 1. The molecule has 0 atom stereocenters. The number of ether oxygens (including phenoxy) is 1. The largest absolute Gasteiger partial charge is 0.411 e. The number of carbonyl (C=O) groups excluding carboxylic acids is 1. The maximum atomic E-state index is 12.6. The van der Waals surface area contributed by atoms with Crippen LogP contribution in [-0.2, 0) is 0 Å². The van der Waals surface area contributed by atoms with E-state index in [-0.39, 0.29) is 0 Å². The van der Waals surface area contributed by atoms with Crippen LogP contribution in [0.2, 0.25) is 0 Å². The van der Waals surface area contributed by atoms with Crippen molar-refractivity contribution in [1.29, 1.82) is 0 Å². The molecule has 11 heavy (non-hydrogen) atoms. The highest BCUT2D eigenvalue weighted by Gasteiger charge is 2.05. The molecule has 0 radical (unpaired) electrons. The zero-order chi connectivity index (χ0) is 8.27. The Morgan fingerprint density at radius 2 is 2.45 bits per heavy atom. The summed E-state index contributed by atoms with van der Waals surface area (Å²) in [6.45, 7) is 0. The summed E-state index contributed by atoms with van der Waals surface area (Å²) in [7, 11) is 0. The van der Waals surface area contributed by atoms with Gasteiger partial charge in [-0.15, -0.1) is 0 Å². The minimum atomic E-state index is -1.08. The van der Waals surface area contributed by atoms with E-state index in [4.69, 9.17) is 0 Å². The Bertz CT molecular complexity index is 277. The lowest BCUT2D eigenvalue weighted by Gasteiger charge is -1.98. The van der Waals surface area contributed by atoms with Crippen molar-refractivity contribution >= 4 is 6.09 Å². The highest BCUT2D eigenvalue weighted by molar-refractivity contribution is 5.67. The molecule has 1 aromatic rings. The molecule has 0 unspecified atom stereocenters. The Kier molecular flexibility index (Phi) is 2.00. The molecule has 58 valence electrons. The van der Waals surface area contributed by atoms with Gasteiger partial charge in [-0.05, 0) is 12.1 Å². The van der Waals surface area contributed by atoms with Gasteiger partial charge in [0.1, 0.15) is 0 Å². The molecule has 0 fully saturated rings. The lowest BCUT2D eigenvalue weighted by molar-refractivity contribution is 0.206. The van der Waals surface area contributed by atoms with E-state index in [1.165, 1.54) is 12.3 Å². The summed E-state index contributed by atoms with van der Waals surface area (Å²) in [5.41, 5.74) is 4.63. The van der Waals surface area contributed by atoms with Crippen molar-refractivity contribution in [2.45, 2.75) is 0 Å². The van der Waals surface area contributed by atoms with E-state index in [0.717, 1.165) is 6.07 Å². The third kappa shape index (κ3) is 1.89. The smallest absolute Gasteiger partial charge is 0.388 e. The van der Waals surface area contributed by atoms with E-state index >= 15 is 0 Å². The average Bonchev–Trinajstić information content (AvgIpc) is 1.93. The molecular weight excluding hydrogens is 151 g/mol. The molecule has 4 nitrogen and oxygen atoms in total. The predicted molar refractivity (Wildman–Crippen MR) is 34.4 cm³/mol. The molecule has 0 aliphatic rings. The van der Waals surface area contributed by atoms with Gasteiger partial charge in [0.15, 0.2) is 5.82 Å². The monoisotopic (exact) mass is 156 g/mol. The summed E-state index contributed by atoms with van der Waals surface area (Å²) in [5.74, 6) is -1.12. The molecule has 0 bridgehead atoms. The van der Waals surface area contributed by atoms with Crippen LogP contribution >= 0.6 is 0 Å². The summed E-state index contributed by atoms with van der Waals surface area (Å²) in [5, 5.41) is 0. The van der Waals surface area contributed by atoms with Crippen molar-refractivity contribution in [3.63, 3.8) is 0 Å². The average molecular weight is 156 g/mol. The number of aromatic nitrogens is 1. The number of nitrogens with two attached hydrogens (primary N) is 1. The molecule has 0 saturated heterocycles. The Labute approximate surface area is 61.8 Å². The Balaban J connectivity index is 2.86. The van der Waals surface area contributed by atoms with Crippen LogP contribution in [0.15, 0.2) is 18.3 Å². The minimum absolute atomic E-state index is 0.403. The number of rotatable bonds is 1. The number of amides is 1. The molecular formula is C6H5FN2O2. The van der Waals surface area contributed by atoms with Crippen LogP contribution in [0.3, 0.4) is 0 Å². The third-order valence-electron chi connectivity index (χ3n) is 0.922. The van der Waals surface area contributed by atoms with Gasteiger partial charge < -0.3 is 10.5 Å². The van der Waals surface area contributed by atoms with Crippen LogP contribution < -0.4 is 10.5 Å². The maximum Gasteiger partial charge on any atom is 0.411 e. The van der Waals surface area contributed by atoms with E-state index in [0.29, 0.717) is 0 Å². The molecule has 1 rings (SSSR count). The number of halogens is 1. The second kappa shape index (κ2) is 2.96. The fraction of sp³-hybridized carbons (Fsp3) is 0. The highest BCUT2D eigenvalue weighted by Crippen LogP contribution is 2.10. The third-order valence-corrected chi connectivity index (χ3v) is 0.922. The molecule has 0 aliphatic carbocycles. The first kappa shape index (κ1) is 7.46. The number of pyridine rings is 1. The molecule has 5 heteroatoms. The standard InChI is InChI=1S/C6H5FN2O2/c7-4-2-1-3-9-5(4)11-6(8)10/h1-3H,(H2,8,10). The predicted octanol–water partition coefficient (Wildman–Crippen LogP) is 0.678. The molecule has 0 aliphatic heterocycles. The normalized spacial score (nSPS) is 9.18. The van der Waals surface area contributed by atoms with Crippen LogP contribution in [0.1, 0.15) is 0 Å². The number of hydrogen-bond acceptors (Lipinski definition) is 3. The summed E-state index contributed by atoms with van der Waals surface area (Å²) >= 11 is 0. The second-order valence-corrected chi connectivity index (χ2v) is 1.71. The zero-order valence-corrected chi connectivity index (χ0v) is 5.45. The van der Waals surface area contributed by atoms with Gasteiger partial charge in [0, 0.05) is 6.20 Å². The van der Waals surface area contributed by atoms with Crippen LogP contribution in [0.25, 0.3) is 0 Å². The van der Waals surface area contributed by atoms with Gasteiger partial charge in [-0.3, -0.25) is 0 Å². The maximum absolute atomic E-state index is 12.6. The summed E-state index contributed by atoms with van der Waals surface area (Å²) in [6, 6.07) is 2.49. The molecule has 0 saturated carbocycles. The summed E-state index contributed by atoms with van der Waals surface area (Å²) < 4.78 is 16.8. The van der Waals surface area contributed by atoms with Crippen molar-refractivity contribution in [3.8, 4) is 5.88 Å². The topological polar surface area (TPSA) is 65.2 Å². The fourth-order valence-corrected chi connectivity index (χ4v) is 0.542. The second-order valence-electron chi connectivity index (χ2n) is 1.71. The molecule has 0 aromatic carbocycles. The SMILES string of the molecule is NC(=O)Oc1ncccc1F. The highest BCUT2D eigenvalue weighted by atomic mass is 19.1. The Morgan fingerprint density at radius 1 is 1.73 bits per heavy atom. The van der Waals surface area contributed by atoms with Gasteiger partial charge in [-0.1, -0.05) is 0 Å². The first-order chi connectivity index (χ1) is 5.20. The molecule has 1 heterocycles. The van der Waals surface area contributed by atoms with Gasteiger partial charge in [0.2, 0.25) is 0 Å². The summed E-state index contributed by atoms with van der Waals surface area (Å²) in [4.78, 5) is 13.5. The first-order valence-corrected chi connectivity index (χ1v) is 2.78.